The summed E-state index contributed by atoms with van der Waals surface area (Å²) in [6, 6.07) is 14.2. The van der Waals surface area contributed by atoms with Crippen molar-refractivity contribution in [1.29, 1.82) is 0 Å². The molecule has 0 bridgehead atoms. The van der Waals surface area contributed by atoms with Gasteiger partial charge in [-0.05, 0) is 36.2 Å². The molecule has 2 aromatic carbocycles. The predicted octanol–water partition coefficient (Wildman–Crippen LogP) is 5.16. The quantitative estimate of drug-likeness (QED) is 0.631. The minimum atomic E-state index is -4.32. The van der Waals surface area contributed by atoms with Gasteiger partial charge >= 0.3 is 6.18 Å². The lowest BCUT2D eigenvalue weighted by Crippen LogP contribution is -2.07. The first-order valence-electron chi connectivity index (χ1n) is 6.21. The Bertz CT molecular complexity index is 754. The molecule has 0 aliphatic rings. The van der Waals surface area contributed by atoms with Crippen LogP contribution in [0.3, 0.4) is 0 Å². The summed E-state index contributed by atoms with van der Waals surface area (Å²) in [4.78, 5) is 3.05. The number of aromatic amines is 1. The van der Waals surface area contributed by atoms with Gasteiger partial charge in [0.2, 0.25) is 0 Å². The molecule has 1 nitrogen and oxygen atoms in total. The molecule has 0 aliphatic carbocycles. The van der Waals surface area contributed by atoms with Crippen LogP contribution in [0.1, 0.15) is 11.1 Å². The topological polar surface area (TPSA) is 15.8 Å². The SMILES string of the molecule is Cc1cc2cc(-c3ccccc3)[nH]c2cc1C(F)(F)F. The average Bonchev–Trinajstić information content (AvgIpc) is 2.80. The zero-order chi connectivity index (χ0) is 14.3. The Hall–Kier alpha value is -2.23. The maximum Gasteiger partial charge on any atom is 0.416 e. The summed E-state index contributed by atoms with van der Waals surface area (Å²) >= 11 is 0. The van der Waals surface area contributed by atoms with Gasteiger partial charge in [-0.2, -0.15) is 13.2 Å². The highest BCUT2D eigenvalue weighted by molar-refractivity contribution is 5.87. The third-order valence-corrected chi connectivity index (χ3v) is 3.36. The molecule has 3 aromatic rings. The number of rotatable bonds is 1. The Morgan fingerprint density at radius 3 is 2.30 bits per heavy atom. The average molecular weight is 275 g/mol. The first kappa shape index (κ1) is 12.8. The number of nitrogens with one attached hydrogen (secondary N) is 1. The number of hydrogen-bond donors (Lipinski definition) is 1. The van der Waals surface area contributed by atoms with Crippen molar-refractivity contribution in [3.63, 3.8) is 0 Å². The second-order valence-electron chi connectivity index (χ2n) is 4.80. The number of aryl methyl sites for hydroxylation is 1. The summed E-state index contributed by atoms with van der Waals surface area (Å²) in [5.41, 5.74) is 1.92. The highest BCUT2D eigenvalue weighted by Crippen LogP contribution is 2.35. The lowest BCUT2D eigenvalue weighted by molar-refractivity contribution is -0.137. The van der Waals surface area contributed by atoms with Crippen LogP contribution in [-0.2, 0) is 6.18 Å². The van der Waals surface area contributed by atoms with Crippen LogP contribution in [0.5, 0.6) is 0 Å². The minimum absolute atomic E-state index is 0.239. The number of hydrogen-bond acceptors (Lipinski definition) is 0. The van der Waals surface area contributed by atoms with Gasteiger partial charge in [-0.1, -0.05) is 30.3 Å². The summed E-state index contributed by atoms with van der Waals surface area (Å²) in [7, 11) is 0. The van der Waals surface area contributed by atoms with E-state index in [4.69, 9.17) is 0 Å². The summed E-state index contributed by atoms with van der Waals surface area (Å²) in [5.74, 6) is 0. The third-order valence-electron chi connectivity index (χ3n) is 3.36. The van der Waals surface area contributed by atoms with E-state index in [1.165, 1.54) is 13.0 Å². The summed E-state index contributed by atoms with van der Waals surface area (Å²) < 4.78 is 38.7. The summed E-state index contributed by atoms with van der Waals surface area (Å²) in [6.45, 7) is 1.48. The fourth-order valence-corrected chi connectivity index (χ4v) is 2.37. The Morgan fingerprint density at radius 2 is 1.65 bits per heavy atom. The highest BCUT2D eigenvalue weighted by atomic mass is 19.4. The first-order chi connectivity index (χ1) is 9.45. The second-order valence-corrected chi connectivity index (χ2v) is 4.80. The molecule has 0 aliphatic heterocycles. The third kappa shape index (κ3) is 2.18. The number of H-pyrrole nitrogens is 1. The van der Waals surface area contributed by atoms with Crippen LogP contribution in [0.25, 0.3) is 22.2 Å². The second kappa shape index (κ2) is 4.40. The Kier molecular flexibility index (Phi) is 2.82. The maximum absolute atomic E-state index is 12.9. The molecule has 0 amide bonds. The largest absolute Gasteiger partial charge is 0.416 e. The van der Waals surface area contributed by atoms with Gasteiger partial charge in [-0.15, -0.1) is 0 Å². The van der Waals surface area contributed by atoms with Gasteiger partial charge in [-0.25, -0.2) is 0 Å². The van der Waals surface area contributed by atoms with Crippen molar-refractivity contribution in [3.8, 4) is 11.3 Å². The van der Waals surface area contributed by atoms with Crippen molar-refractivity contribution in [2.24, 2.45) is 0 Å². The van der Waals surface area contributed by atoms with Crippen molar-refractivity contribution < 1.29 is 13.2 Å². The van der Waals surface area contributed by atoms with Gasteiger partial charge in [0, 0.05) is 16.6 Å². The van der Waals surface area contributed by atoms with E-state index in [-0.39, 0.29) is 5.56 Å². The maximum atomic E-state index is 12.9. The molecule has 0 saturated carbocycles. The van der Waals surface area contributed by atoms with Crippen molar-refractivity contribution in [2.75, 3.05) is 0 Å². The van der Waals surface area contributed by atoms with Gasteiger partial charge in [0.05, 0.1) is 5.56 Å². The lowest BCUT2D eigenvalue weighted by atomic mass is 10.1. The van der Waals surface area contributed by atoms with Crippen LogP contribution in [0, 0.1) is 6.92 Å². The van der Waals surface area contributed by atoms with Crippen molar-refractivity contribution in [2.45, 2.75) is 13.1 Å². The highest BCUT2D eigenvalue weighted by Gasteiger charge is 2.32. The zero-order valence-electron chi connectivity index (χ0n) is 10.8. The standard InChI is InChI=1S/C16H12F3N/c1-10-7-12-8-14(11-5-3-2-4-6-11)20-15(12)9-13(10)16(17,18)19/h2-9,20H,1H3. The van der Waals surface area contributed by atoms with Crippen molar-refractivity contribution in [1.82, 2.24) is 4.98 Å². The number of benzene rings is 2. The molecule has 20 heavy (non-hydrogen) atoms. The number of fused-ring (bicyclic) bond motifs is 1. The number of aromatic nitrogens is 1. The smallest absolute Gasteiger partial charge is 0.355 e. The van der Waals surface area contributed by atoms with Crippen LogP contribution in [0.4, 0.5) is 13.2 Å². The van der Waals surface area contributed by atoms with Crippen LogP contribution < -0.4 is 0 Å². The van der Waals surface area contributed by atoms with Crippen molar-refractivity contribution in [3.05, 3.63) is 59.7 Å². The van der Waals surface area contributed by atoms with Gasteiger partial charge in [0.1, 0.15) is 0 Å². The van der Waals surface area contributed by atoms with Crippen LogP contribution >= 0.6 is 0 Å². The fourth-order valence-electron chi connectivity index (χ4n) is 2.37. The molecule has 1 N–H and O–H groups in total. The van der Waals surface area contributed by atoms with E-state index in [2.05, 4.69) is 4.98 Å². The van der Waals surface area contributed by atoms with E-state index < -0.39 is 11.7 Å². The molecule has 1 aromatic heterocycles. The molecule has 102 valence electrons. The van der Waals surface area contributed by atoms with E-state index in [0.717, 1.165) is 16.6 Å². The number of halogens is 3. The normalized spacial score (nSPS) is 12.0. The Labute approximate surface area is 114 Å². The predicted molar refractivity (Wildman–Crippen MR) is 73.5 cm³/mol. The molecule has 1 heterocycles. The van der Waals surface area contributed by atoms with E-state index >= 15 is 0 Å². The van der Waals surface area contributed by atoms with Gasteiger partial charge in [-0.3, -0.25) is 0 Å². The van der Waals surface area contributed by atoms with Crippen LogP contribution in [0.2, 0.25) is 0 Å². The molecule has 0 atom stereocenters. The van der Waals surface area contributed by atoms with E-state index in [1.807, 2.05) is 36.4 Å². The Balaban J connectivity index is 2.17. The first-order valence-corrected chi connectivity index (χ1v) is 6.21. The van der Waals surface area contributed by atoms with Crippen LogP contribution in [-0.4, -0.2) is 4.98 Å². The minimum Gasteiger partial charge on any atom is -0.355 e. The molecule has 0 radical (unpaired) electrons. The number of alkyl halides is 3. The van der Waals surface area contributed by atoms with Gasteiger partial charge < -0.3 is 4.98 Å². The monoisotopic (exact) mass is 275 g/mol. The molecular formula is C16H12F3N. The van der Waals surface area contributed by atoms with Crippen molar-refractivity contribution >= 4 is 10.9 Å². The molecule has 0 spiro atoms. The molecular weight excluding hydrogens is 263 g/mol. The van der Waals surface area contributed by atoms with Gasteiger partial charge in [0.25, 0.3) is 0 Å². The molecule has 0 unspecified atom stereocenters. The molecule has 0 fully saturated rings. The fraction of sp³-hybridized carbons (Fsp3) is 0.125. The van der Waals surface area contributed by atoms with E-state index in [9.17, 15) is 13.2 Å². The lowest BCUT2D eigenvalue weighted by Gasteiger charge is -2.09. The summed E-state index contributed by atoms with van der Waals surface area (Å²) in [6.07, 6.45) is -4.32. The summed E-state index contributed by atoms with van der Waals surface area (Å²) in [5, 5.41) is 0.786. The molecule has 4 heteroatoms. The van der Waals surface area contributed by atoms with Crippen LogP contribution in [0.15, 0.2) is 48.5 Å². The molecule has 0 saturated heterocycles. The van der Waals surface area contributed by atoms with Gasteiger partial charge in [0.15, 0.2) is 0 Å². The zero-order valence-corrected chi connectivity index (χ0v) is 10.8. The Morgan fingerprint density at radius 1 is 0.950 bits per heavy atom. The van der Waals surface area contributed by atoms with E-state index in [1.54, 1.807) is 6.07 Å². The van der Waals surface area contributed by atoms with E-state index in [0.29, 0.717) is 5.52 Å². The molecule has 3 rings (SSSR count).